The summed E-state index contributed by atoms with van der Waals surface area (Å²) in [5, 5.41) is 6.77. The van der Waals surface area contributed by atoms with Gasteiger partial charge in [0, 0.05) is 17.9 Å². The van der Waals surface area contributed by atoms with E-state index >= 15 is 0 Å². The van der Waals surface area contributed by atoms with Gasteiger partial charge in [0.15, 0.2) is 0 Å². The number of amides is 2. The second-order valence-corrected chi connectivity index (χ2v) is 7.56. The fourth-order valence-electron chi connectivity index (χ4n) is 3.66. The maximum Gasteiger partial charge on any atom is 0.257 e. The van der Waals surface area contributed by atoms with Crippen LogP contribution in [0.5, 0.6) is 0 Å². The van der Waals surface area contributed by atoms with Crippen molar-refractivity contribution in [2.45, 2.75) is 19.5 Å². The highest BCUT2D eigenvalue weighted by Crippen LogP contribution is 2.34. The van der Waals surface area contributed by atoms with Crippen LogP contribution in [0.25, 0.3) is 0 Å². The molecule has 0 bridgehead atoms. The Kier molecular flexibility index (Phi) is 5.72. The quantitative estimate of drug-likeness (QED) is 0.568. The number of nitrogens with one attached hydrogen (secondary N) is 2. The average Bonchev–Trinajstić information content (AvgIpc) is 2.76. The Hall–Kier alpha value is -3.31. The molecule has 0 fully saturated rings. The Labute approximate surface area is 180 Å². The third-order valence-electron chi connectivity index (χ3n) is 5.07. The van der Waals surface area contributed by atoms with Crippen molar-refractivity contribution >= 4 is 34.8 Å². The highest BCUT2D eigenvalue weighted by molar-refractivity contribution is 6.34. The summed E-state index contributed by atoms with van der Waals surface area (Å²) < 4.78 is 0. The number of fused-ring (bicyclic) bond motifs is 1. The van der Waals surface area contributed by atoms with E-state index in [1.165, 1.54) is 0 Å². The van der Waals surface area contributed by atoms with Crippen molar-refractivity contribution < 1.29 is 9.59 Å². The van der Waals surface area contributed by atoms with E-state index in [1.807, 2.05) is 60.4 Å². The molecule has 30 heavy (non-hydrogen) atoms. The minimum absolute atomic E-state index is 0.00158. The molecular weight excluding hydrogens is 398 g/mol. The van der Waals surface area contributed by atoms with E-state index in [0.717, 1.165) is 17.7 Å². The number of anilines is 2. The highest BCUT2D eigenvalue weighted by atomic mass is 35.5. The van der Waals surface area contributed by atoms with Gasteiger partial charge in [-0.25, -0.2) is 0 Å². The molecule has 4 rings (SSSR count). The Morgan fingerprint density at radius 2 is 1.83 bits per heavy atom. The maximum absolute atomic E-state index is 13.1. The van der Waals surface area contributed by atoms with Gasteiger partial charge in [0.1, 0.15) is 6.17 Å². The van der Waals surface area contributed by atoms with Gasteiger partial charge in [0.2, 0.25) is 0 Å². The van der Waals surface area contributed by atoms with Crippen molar-refractivity contribution in [2.75, 3.05) is 17.2 Å². The number of hydrogen-bond donors (Lipinski definition) is 2. The molecule has 0 aliphatic carbocycles. The topological polar surface area (TPSA) is 61.4 Å². The van der Waals surface area contributed by atoms with Crippen molar-refractivity contribution in [3.05, 3.63) is 94.5 Å². The first-order chi connectivity index (χ1) is 14.6. The third kappa shape index (κ3) is 3.89. The molecule has 0 spiro atoms. The summed E-state index contributed by atoms with van der Waals surface area (Å²) in [5.74, 6) is -0.275. The summed E-state index contributed by atoms with van der Waals surface area (Å²) in [4.78, 5) is 27.5. The fourth-order valence-corrected chi connectivity index (χ4v) is 3.88. The Morgan fingerprint density at radius 1 is 1.07 bits per heavy atom. The molecule has 152 valence electrons. The lowest BCUT2D eigenvalue weighted by atomic mass is 10.0. The number of nitrogens with zero attached hydrogens (tertiary/aromatic N) is 1. The van der Waals surface area contributed by atoms with Crippen LogP contribution in [0.15, 0.2) is 72.8 Å². The molecule has 2 amide bonds. The van der Waals surface area contributed by atoms with Crippen LogP contribution in [0.2, 0.25) is 5.02 Å². The van der Waals surface area contributed by atoms with Crippen LogP contribution >= 0.6 is 11.6 Å². The number of para-hydroxylation sites is 1. The number of carbonyl (C=O) groups excluding carboxylic acids is 2. The first-order valence-electron chi connectivity index (χ1n) is 9.91. The largest absolute Gasteiger partial charge is 0.361 e. The molecule has 1 atom stereocenters. The van der Waals surface area contributed by atoms with E-state index in [9.17, 15) is 9.59 Å². The van der Waals surface area contributed by atoms with Gasteiger partial charge in [-0.15, -0.1) is 0 Å². The maximum atomic E-state index is 13.1. The van der Waals surface area contributed by atoms with E-state index in [2.05, 4.69) is 10.6 Å². The molecule has 5 nitrogen and oxygen atoms in total. The number of carbonyl (C=O) groups is 2. The second-order valence-electron chi connectivity index (χ2n) is 7.15. The van der Waals surface area contributed by atoms with Gasteiger partial charge in [0.05, 0.1) is 16.1 Å². The zero-order valence-electron chi connectivity index (χ0n) is 16.6. The highest BCUT2D eigenvalue weighted by Gasteiger charge is 2.32. The summed E-state index contributed by atoms with van der Waals surface area (Å²) in [6, 6.07) is 22.0. The molecule has 0 saturated heterocycles. The van der Waals surface area contributed by atoms with Gasteiger partial charge in [0.25, 0.3) is 11.8 Å². The van der Waals surface area contributed by atoms with Gasteiger partial charge in [-0.2, -0.15) is 0 Å². The van der Waals surface area contributed by atoms with Crippen molar-refractivity contribution in [1.29, 1.82) is 0 Å². The summed E-state index contributed by atoms with van der Waals surface area (Å²) in [7, 11) is 0. The van der Waals surface area contributed by atoms with E-state index in [4.69, 9.17) is 11.6 Å². The number of rotatable bonds is 5. The van der Waals surface area contributed by atoms with E-state index in [1.54, 1.807) is 24.3 Å². The van der Waals surface area contributed by atoms with Gasteiger partial charge in [-0.1, -0.05) is 54.9 Å². The third-order valence-corrected chi connectivity index (χ3v) is 5.40. The zero-order valence-corrected chi connectivity index (χ0v) is 17.3. The SMILES string of the molecule is CCCN1C(=O)c2ccccc2N[C@@H]1c1cccc(NC(=O)c2ccccc2Cl)c1. The molecule has 1 aliphatic rings. The molecule has 3 aromatic carbocycles. The lowest BCUT2D eigenvalue weighted by molar-refractivity contribution is 0.0683. The summed E-state index contributed by atoms with van der Waals surface area (Å²) >= 11 is 6.14. The van der Waals surface area contributed by atoms with Crippen LogP contribution < -0.4 is 10.6 Å². The van der Waals surface area contributed by atoms with Crippen LogP contribution in [-0.4, -0.2) is 23.3 Å². The smallest absolute Gasteiger partial charge is 0.257 e. The lowest BCUT2D eigenvalue weighted by Crippen LogP contribution is -2.43. The van der Waals surface area contributed by atoms with Gasteiger partial charge >= 0.3 is 0 Å². The lowest BCUT2D eigenvalue weighted by Gasteiger charge is -2.38. The predicted molar refractivity (Wildman–Crippen MR) is 120 cm³/mol. The first kappa shape index (κ1) is 20.0. The minimum Gasteiger partial charge on any atom is -0.361 e. The summed E-state index contributed by atoms with van der Waals surface area (Å²) in [5.41, 5.74) is 3.43. The van der Waals surface area contributed by atoms with E-state index in [0.29, 0.717) is 28.4 Å². The second kappa shape index (κ2) is 8.59. The van der Waals surface area contributed by atoms with E-state index in [-0.39, 0.29) is 18.0 Å². The number of benzene rings is 3. The van der Waals surface area contributed by atoms with Gasteiger partial charge in [-0.3, -0.25) is 9.59 Å². The fraction of sp³-hybridized carbons (Fsp3) is 0.167. The molecule has 1 heterocycles. The number of hydrogen-bond acceptors (Lipinski definition) is 3. The molecule has 6 heteroatoms. The zero-order chi connectivity index (χ0) is 21.1. The molecular formula is C24H22ClN3O2. The normalized spacial score (nSPS) is 15.3. The number of halogens is 1. The molecule has 0 aromatic heterocycles. The van der Waals surface area contributed by atoms with Crippen LogP contribution in [-0.2, 0) is 0 Å². The first-order valence-corrected chi connectivity index (χ1v) is 10.3. The standard InChI is InChI=1S/C24H22ClN3O2/c1-2-14-28-22(27-21-13-6-4-11-19(21)24(28)30)16-8-7-9-17(15-16)26-23(29)18-10-3-5-12-20(18)25/h3-13,15,22,27H,2,14H2,1H3,(H,26,29)/t22-/m0/s1. The van der Waals surface area contributed by atoms with E-state index < -0.39 is 0 Å². The Morgan fingerprint density at radius 3 is 2.63 bits per heavy atom. The molecule has 0 saturated carbocycles. The van der Waals surface area contributed by atoms with Crippen LogP contribution in [0, 0.1) is 0 Å². The van der Waals surface area contributed by atoms with Crippen molar-refractivity contribution in [3.8, 4) is 0 Å². The molecule has 1 aliphatic heterocycles. The van der Waals surface area contributed by atoms with Crippen molar-refractivity contribution in [2.24, 2.45) is 0 Å². The molecule has 3 aromatic rings. The average molecular weight is 420 g/mol. The molecule has 2 N–H and O–H groups in total. The van der Waals surface area contributed by atoms with Crippen LogP contribution in [0.3, 0.4) is 0 Å². The van der Waals surface area contributed by atoms with Gasteiger partial charge in [-0.05, 0) is 48.4 Å². The van der Waals surface area contributed by atoms with Crippen LogP contribution in [0.1, 0.15) is 45.8 Å². The van der Waals surface area contributed by atoms with Crippen molar-refractivity contribution in [1.82, 2.24) is 4.90 Å². The van der Waals surface area contributed by atoms with Crippen molar-refractivity contribution in [3.63, 3.8) is 0 Å². The monoisotopic (exact) mass is 419 g/mol. The molecule has 0 unspecified atom stereocenters. The Bertz CT molecular complexity index is 1100. The van der Waals surface area contributed by atoms with Gasteiger partial charge < -0.3 is 15.5 Å². The van der Waals surface area contributed by atoms with Crippen LogP contribution in [0.4, 0.5) is 11.4 Å². The summed E-state index contributed by atoms with van der Waals surface area (Å²) in [6.07, 6.45) is 0.527. The predicted octanol–water partition coefficient (Wildman–Crippen LogP) is 5.57. The molecule has 0 radical (unpaired) electrons. The minimum atomic E-state index is -0.315. The summed E-state index contributed by atoms with van der Waals surface area (Å²) in [6.45, 7) is 2.67. The Balaban J connectivity index is 1.63.